The summed E-state index contributed by atoms with van der Waals surface area (Å²) in [5.74, 6) is 0.904. The number of thioether (sulfide) groups is 1. The maximum Gasteiger partial charge on any atom is 0.116 e. The maximum atomic E-state index is 8.64. The predicted molar refractivity (Wildman–Crippen MR) is 50.4 cm³/mol. The number of nitrogens with zero attached hydrogens (tertiary/aromatic N) is 2. The van der Waals surface area contributed by atoms with E-state index in [9.17, 15) is 0 Å². The highest BCUT2D eigenvalue weighted by atomic mass is 35.5. The monoisotopic (exact) mass is 198 g/mol. The van der Waals surface area contributed by atoms with E-state index in [1.807, 2.05) is 13.0 Å². The smallest absolute Gasteiger partial charge is 0.116 e. The molecular weight excluding hydrogens is 192 g/mol. The van der Waals surface area contributed by atoms with Crippen molar-refractivity contribution in [3.8, 4) is 6.07 Å². The minimum Gasteiger partial charge on any atom is -0.248 e. The van der Waals surface area contributed by atoms with Crippen molar-refractivity contribution < 1.29 is 0 Å². The Kier molecular flexibility index (Phi) is 3.39. The molecule has 2 nitrogen and oxygen atoms in total. The van der Waals surface area contributed by atoms with Crippen molar-refractivity contribution in [1.29, 1.82) is 5.26 Å². The molecule has 0 saturated heterocycles. The van der Waals surface area contributed by atoms with Gasteiger partial charge in [-0.05, 0) is 11.8 Å². The normalized spacial score (nSPS) is 9.42. The molecule has 1 aromatic rings. The minimum absolute atomic E-state index is 0.465. The quantitative estimate of drug-likeness (QED) is 0.686. The third-order valence-electron chi connectivity index (χ3n) is 1.26. The van der Waals surface area contributed by atoms with Gasteiger partial charge in [-0.3, -0.25) is 0 Å². The minimum atomic E-state index is 0.465. The first-order valence-corrected chi connectivity index (χ1v) is 4.83. The Balaban J connectivity index is 3.07. The number of aromatic nitrogens is 1. The van der Waals surface area contributed by atoms with Crippen LogP contribution in [0.15, 0.2) is 17.3 Å². The van der Waals surface area contributed by atoms with Gasteiger partial charge >= 0.3 is 0 Å². The lowest BCUT2D eigenvalue weighted by Gasteiger charge is -2.00. The van der Waals surface area contributed by atoms with Crippen LogP contribution in [0.25, 0.3) is 0 Å². The highest BCUT2D eigenvalue weighted by Crippen LogP contribution is 2.26. The van der Waals surface area contributed by atoms with E-state index in [0.717, 1.165) is 10.8 Å². The Bertz CT molecular complexity index is 319. The van der Waals surface area contributed by atoms with Crippen molar-refractivity contribution in [1.82, 2.24) is 4.98 Å². The fourth-order valence-electron chi connectivity index (χ4n) is 0.748. The van der Waals surface area contributed by atoms with Crippen molar-refractivity contribution in [3.63, 3.8) is 0 Å². The molecule has 0 aromatic carbocycles. The molecule has 0 amide bonds. The Morgan fingerprint density at radius 3 is 3.08 bits per heavy atom. The largest absolute Gasteiger partial charge is 0.248 e. The van der Waals surface area contributed by atoms with Crippen LogP contribution in [0.4, 0.5) is 0 Å². The third-order valence-corrected chi connectivity index (χ3v) is 2.63. The van der Waals surface area contributed by atoms with Gasteiger partial charge in [-0.25, -0.2) is 4.98 Å². The standard InChI is InChI=1S/C8H7ClN2S/c1-2-12-8-7(9)6(5-10)3-4-11-8/h3-4H,2H2,1H3. The Labute approximate surface area is 80.6 Å². The summed E-state index contributed by atoms with van der Waals surface area (Å²) >= 11 is 7.42. The Hall–Kier alpha value is -0.720. The van der Waals surface area contributed by atoms with E-state index in [0.29, 0.717) is 10.6 Å². The molecule has 0 unspecified atom stereocenters. The van der Waals surface area contributed by atoms with Crippen molar-refractivity contribution in [2.45, 2.75) is 11.9 Å². The van der Waals surface area contributed by atoms with Gasteiger partial charge in [0.05, 0.1) is 10.6 Å². The molecule has 12 heavy (non-hydrogen) atoms. The van der Waals surface area contributed by atoms with Crippen LogP contribution < -0.4 is 0 Å². The zero-order valence-electron chi connectivity index (χ0n) is 6.54. The lowest BCUT2D eigenvalue weighted by molar-refractivity contribution is 1.12. The van der Waals surface area contributed by atoms with E-state index in [1.54, 1.807) is 12.3 Å². The van der Waals surface area contributed by atoms with E-state index < -0.39 is 0 Å². The molecule has 0 aliphatic heterocycles. The first-order chi connectivity index (χ1) is 5.79. The van der Waals surface area contributed by atoms with Gasteiger partial charge in [0, 0.05) is 6.20 Å². The van der Waals surface area contributed by atoms with Gasteiger partial charge < -0.3 is 0 Å². The second-order valence-electron chi connectivity index (χ2n) is 2.02. The summed E-state index contributed by atoms with van der Waals surface area (Å²) in [5, 5.41) is 9.84. The zero-order valence-corrected chi connectivity index (χ0v) is 8.11. The second kappa shape index (κ2) is 4.34. The van der Waals surface area contributed by atoms with Gasteiger partial charge in [-0.2, -0.15) is 5.26 Å². The summed E-state index contributed by atoms with van der Waals surface area (Å²) in [6, 6.07) is 3.62. The van der Waals surface area contributed by atoms with Crippen LogP contribution in [0.5, 0.6) is 0 Å². The third kappa shape index (κ3) is 1.90. The van der Waals surface area contributed by atoms with Crippen molar-refractivity contribution >= 4 is 23.4 Å². The van der Waals surface area contributed by atoms with E-state index in [-0.39, 0.29) is 0 Å². The molecule has 4 heteroatoms. The van der Waals surface area contributed by atoms with Crippen molar-refractivity contribution in [2.75, 3.05) is 5.75 Å². The van der Waals surface area contributed by atoms with E-state index >= 15 is 0 Å². The average Bonchev–Trinajstić information content (AvgIpc) is 2.09. The summed E-state index contributed by atoms with van der Waals surface area (Å²) in [6.07, 6.45) is 1.60. The molecule has 0 saturated carbocycles. The number of rotatable bonds is 2. The molecule has 1 heterocycles. The number of halogens is 1. The summed E-state index contributed by atoms with van der Waals surface area (Å²) < 4.78 is 0. The van der Waals surface area contributed by atoms with Gasteiger partial charge in [-0.15, -0.1) is 11.8 Å². The Morgan fingerprint density at radius 1 is 1.75 bits per heavy atom. The molecule has 0 aliphatic carbocycles. The van der Waals surface area contributed by atoms with Crippen LogP contribution in [-0.4, -0.2) is 10.7 Å². The highest BCUT2D eigenvalue weighted by molar-refractivity contribution is 7.99. The summed E-state index contributed by atoms with van der Waals surface area (Å²) in [4.78, 5) is 4.06. The Morgan fingerprint density at radius 2 is 2.50 bits per heavy atom. The predicted octanol–water partition coefficient (Wildman–Crippen LogP) is 2.72. The van der Waals surface area contributed by atoms with Gasteiger partial charge in [-0.1, -0.05) is 18.5 Å². The molecule has 0 atom stereocenters. The van der Waals surface area contributed by atoms with Crippen molar-refractivity contribution in [3.05, 3.63) is 22.8 Å². The van der Waals surface area contributed by atoms with Crippen LogP contribution in [-0.2, 0) is 0 Å². The molecule has 0 bridgehead atoms. The molecule has 0 radical (unpaired) electrons. The van der Waals surface area contributed by atoms with Crippen LogP contribution in [0.1, 0.15) is 12.5 Å². The van der Waals surface area contributed by atoms with Crippen molar-refractivity contribution in [2.24, 2.45) is 0 Å². The molecule has 1 aromatic heterocycles. The van der Waals surface area contributed by atoms with E-state index in [2.05, 4.69) is 4.98 Å². The summed E-state index contributed by atoms with van der Waals surface area (Å²) in [7, 11) is 0. The highest BCUT2D eigenvalue weighted by Gasteiger charge is 2.05. The van der Waals surface area contributed by atoms with Gasteiger partial charge in [0.1, 0.15) is 11.1 Å². The number of pyridine rings is 1. The lowest BCUT2D eigenvalue weighted by atomic mass is 10.3. The fourth-order valence-corrected chi connectivity index (χ4v) is 1.71. The molecule has 1 rings (SSSR count). The van der Waals surface area contributed by atoms with Crippen LogP contribution in [0.2, 0.25) is 5.02 Å². The molecule has 0 fully saturated rings. The van der Waals surface area contributed by atoms with Gasteiger partial charge in [0.25, 0.3) is 0 Å². The fraction of sp³-hybridized carbons (Fsp3) is 0.250. The molecule has 0 N–H and O–H groups in total. The van der Waals surface area contributed by atoms with E-state index in [1.165, 1.54) is 11.8 Å². The average molecular weight is 199 g/mol. The lowest BCUT2D eigenvalue weighted by Crippen LogP contribution is -1.85. The maximum absolute atomic E-state index is 8.64. The molecule has 0 aliphatic rings. The molecular formula is C8H7ClN2S. The van der Waals surface area contributed by atoms with Crippen LogP contribution in [0, 0.1) is 11.3 Å². The number of nitriles is 1. The van der Waals surface area contributed by atoms with Crippen LogP contribution in [0.3, 0.4) is 0 Å². The second-order valence-corrected chi connectivity index (χ2v) is 3.65. The first-order valence-electron chi connectivity index (χ1n) is 3.47. The van der Waals surface area contributed by atoms with Crippen LogP contribution >= 0.6 is 23.4 Å². The summed E-state index contributed by atoms with van der Waals surface area (Å²) in [5.41, 5.74) is 0.489. The first kappa shape index (κ1) is 9.37. The van der Waals surface area contributed by atoms with E-state index in [4.69, 9.17) is 16.9 Å². The number of hydrogen-bond acceptors (Lipinski definition) is 3. The van der Waals surface area contributed by atoms with Gasteiger partial charge in [0.2, 0.25) is 0 Å². The zero-order chi connectivity index (χ0) is 8.97. The van der Waals surface area contributed by atoms with Gasteiger partial charge in [0.15, 0.2) is 0 Å². The number of hydrogen-bond donors (Lipinski definition) is 0. The molecule has 62 valence electrons. The molecule has 0 spiro atoms. The SMILES string of the molecule is CCSc1nccc(C#N)c1Cl. The summed E-state index contributed by atoms with van der Waals surface area (Å²) in [6.45, 7) is 2.02. The topological polar surface area (TPSA) is 36.7 Å².